The molecule has 0 aliphatic heterocycles. The van der Waals surface area contributed by atoms with E-state index in [0.29, 0.717) is 12.8 Å². The molecule has 0 spiro atoms. The van der Waals surface area contributed by atoms with Gasteiger partial charge in [0.25, 0.3) is 0 Å². The Hall–Kier alpha value is -1.28. The highest BCUT2D eigenvalue weighted by molar-refractivity contribution is 5.85. The largest absolute Gasteiger partial charge is 0.435 e. The van der Waals surface area contributed by atoms with Crippen molar-refractivity contribution in [3.05, 3.63) is 17.5 Å². The zero-order valence-corrected chi connectivity index (χ0v) is 12.9. The van der Waals surface area contributed by atoms with Crippen molar-refractivity contribution in [2.24, 2.45) is 12.8 Å². The molecule has 0 aromatic carbocycles. The lowest BCUT2D eigenvalue weighted by atomic mass is 9.96. The van der Waals surface area contributed by atoms with E-state index in [4.69, 9.17) is 5.73 Å². The average Bonchev–Trinajstić information content (AvgIpc) is 2.67. The van der Waals surface area contributed by atoms with Crippen LogP contribution in [0.25, 0.3) is 0 Å². The Bertz CT molecular complexity index is 485. The summed E-state index contributed by atoms with van der Waals surface area (Å²) < 4.78 is 39.3. The SMILES string of the molecule is CCCC(C)(N)C(=O)NCc1cn(C)nc1C(F)(F)F.Cl. The number of hydrogen-bond donors (Lipinski definition) is 2. The molecule has 0 saturated carbocycles. The summed E-state index contributed by atoms with van der Waals surface area (Å²) in [5.41, 5.74) is 3.65. The highest BCUT2D eigenvalue weighted by Gasteiger charge is 2.37. The number of hydrogen-bond acceptors (Lipinski definition) is 3. The molecule has 1 amide bonds. The number of aryl methyl sites for hydroxylation is 1. The van der Waals surface area contributed by atoms with E-state index in [-0.39, 0.29) is 24.5 Å². The van der Waals surface area contributed by atoms with Gasteiger partial charge in [0.15, 0.2) is 5.69 Å². The molecule has 1 heterocycles. The lowest BCUT2D eigenvalue weighted by Gasteiger charge is -2.22. The normalized spacial score (nSPS) is 14.2. The quantitative estimate of drug-likeness (QED) is 0.868. The van der Waals surface area contributed by atoms with Gasteiger partial charge < -0.3 is 11.1 Å². The van der Waals surface area contributed by atoms with E-state index in [0.717, 1.165) is 4.68 Å². The first-order chi connectivity index (χ1) is 9.08. The lowest BCUT2D eigenvalue weighted by molar-refractivity contribution is -0.142. The molecular formula is C12H20ClF3N4O. The predicted molar refractivity (Wildman–Crippen MR) is 74.8 cm³/mol. The maximum Gasteiger partial charge on any atom is 0.435 e. The summed E-state index contributed by atoms with van der Waals surface area (Å²) >= 11 is 0. The number of aromatic nitrogens is 2. The molecule has 1 atom stereocenters. The molecule has 0 aliphatic rings. The Balaban J connectivity index is 0.00000400. The fourth-order valence-corrected chi connectivity index (χ4v) is 1.92. The number of nitrogens with two attached hydrogens (primary N) is 1. The van der Waals surface area contributed by atoms with Gasteiger partial charge in [-0.2, -0.15) is 18.3 Å². The maximum atomic E-state index is 12.7. The fourth-order valence-electron chi connectivity index (χ4n) is 1.92. The summed E-state index contributed by atoms with van der Waals surface area (Å²) in [4.78, 5) is 11.9. The molecule has 9 heteroatoms. The third-order valence-corrected chi connectivity index (χ3v) is 2.90. The molecule has 0 fully saturated rings. The molecule has 1 unspecified atom stereocenters. The highest BCUT2D eigenvalue weighted by Crippen LogP contribution is 2.30. The highest BCUT2D eigenvalue weighted by atomic mass is 35.5. The van der Waals surface area contributed by atoms with Crippen LogP contribution >= 0.6 is 12.4 Å². The van der Waals surface area contributed by atoms with Gasteiger partial charge >= 0.3 is 6.18 Å². The van der Waals surface area contributed by atoms with Gasteiger partial charge in [-0.15, -0.1) is 12.4 Å². The van der Waals surface area contributed by atoms with Gasteiger partial charge in [0, 0.05) is 25.4 Å². The van der Waals surface area contributed by atoms with Crippen molar-refractivity contribution in [3.63, 3.8) is 0 Å². The van der Waals surface area contributed by atoms with Gasteiger partial charge in [0.05, 0.1) is 5.54 Å². The zero-order valence-electron chi connectivity index (χ0n) is 12.1. The number of nitrogens with zero attached hydrogens (tertiary/aromatic N) is 2. The van der Waals surface area contributed by atoms with Crippen molar-refractivity contribution >= 4 is 18.3 Å². The van der Waals surface area contributed by atoms with Crippen LogP contribution in [0.5, 0.6) is 0 Å². The number of amides is 1. The van der Waals surface area contributed by atoms with Crippen molar-refractivity contribution in [1.29, 1.82) is 0 Å². The number of carbonyl (C=O) groups is 1. The summed E-state index contributed by atoms with van der Waals surface area (Å²) in [6.45, 7) is 3.18. The summed E-state index contributed by atoms with van der Waals surface area (Å²) in [5.74, 6) is -0.476. The average molecular weight is 329 g/mol. The molecular weight excluding hydrogens is 309 g/mol. The van der Waals surface area contributed by atoms with E-state index in [1.807, 2.05) is 6.92 Å². The molecule has 21 heavy (non-hydrogen) atoms. The summed E-state index contributed by atoms with van der Waals surface area (Å²) in [7, 11) is 1.39. The molecule has 3 N–H and O–H groups in total. The number of carbonyl (C=O) groups excluding carboxylic acids is 1. The molecule has 1 aromatic rings. The first-order valence-electron chi connectivity index (χ1n) is 6.25. The number of nitrogens with one attached hydrogen (secondary N) is 1. The Labute approximate surface area is 127 Å². The van der Waals surface area contributed by atoms with Crippen LogP contribution in [0, 0.1) is 0 Å². The van der Waals surface area contributed by atoms with E-state index in [9.17, 15) is 18.0 Å². The number of halogens is 4. The van der Waals surface area contributed by atoms with E-state index >= 15 is 0 Å². The van der Waals surface area contributed by atoms with E-state index in [1.165, 1.54) is 13.2 Å². The van der Waals surface area contributed by atoms with Crippen LogP contribution in [-0.4, -0.2) is 21.2 Å². The molecule has 0 bridgehead atoms. The van der Waals surface area contributed by atoms with E-state index < -0.39 is 23.3 Å². The van der Waals surface area contributed by atoms with Crippen molar-refractivity contribution in [1.82, 2.24) is 15.1 Å². The first-order valence-corrected chi connectivity index (χ1v) is 6.25. The molecule has 1 aromatic heterocycles. The van der Waals surface area contributed by atoms with Crippen LogP contribution < -0.4 is 11.1 Å². The number of rotatable bonds is 5. The van der Waals surface area contributed by atoms with Crippen LogP contribution in [0.4, 0.5) is 13.2 Å². The molecule has 0 saturated heterocycles. The minimum atomic E-state index is -4.54. The third kappa shape index (κ3) is 5.20. The Morgan fingerprint density at radius 1 is 1.48 bits per heavy atom. The molecule has 0 aliphatic carbocycles. The summed E-state index contributed by atoms with van der Waals surface area (Å²) in [5, 5.41) is 5.80. The van der Waals surface area contributed by atoms with E-state index in [2.05, 4.69) is 10.4 Å². The van der Waals surface area contributed by atoms with Gasteiger partial charge in [-0.05, 0) is 13.3 Å². The van der Waals surface area contributed by atoms with Crippen molar-refractivity contribution < 1.29 is 18.0 Å². The van der Waals surface area contributed by atoms with Crippen LogP contribution in [0.2, 0.25) is 0 Å². The minimum absolute atomic E-state index is 0. The van der Waals surface area contributed by atoms with Crippen molar-refractivity contribution in [3.8, 4) is 0 Å². The van der Waals surface area contributed by atoms with Gasteiger partial charge in [0.2, 0.25) is 5.91 Å². The fraction of sp³-hybridized carbons (Fsp3) is 0.667. The molecule has 122 valence electrons. The van der Waals surface area contributed by atoms with Crippen LogP contribution in [0.15, 0.2) is 6.20 Å². The van der Waals surface area contributed by atoms with Crippen LogP contribution in [0.1, 0.15) is 37.9 Å². The smallest absolute Gasteiger partial charge is 0.350 e. The van der Waals surface area contributed by atoms with Gasteiger partial charge in [-0.25, -0.2) is 0 Å². The molecule has 0 radical (unpaired) electrons. The first kappa shape index (κ1) is 19.7. The summed E-state index contributed by atoms with van der Waals surface area (Å²) in [6, 6.07) is 0. The zero-order chi connectivity index (χ0) is 15.6. The number of alkyl halides is 3. The molecule has 1 rings (SSSR count). The van der Waals surface area contributed by atoms with Crippen LogP contribution in [-0.2, 0) is 24.6 Å². The second kappa shape index (κ2) is 7.13. The standard InChI is InChI=1S/C12H19F3N4O.ClH/c1-4-5-11(2,16)10(20)17-6-8-7-19(3)18-9(8)12(13,14)15;/h7H,4-6,16H2,1-3H3,(H,17,20);1H. The van der Waals surface area contributed by atoms with Crippen molar-refractivity contribution in [2.45, 2.75) is 44.9 Å². The topological polar surface area (TPSA) is 72.9 Å². The van der Waals surface area contributed by atoms with Gasteiger partial charge in [0.1, 0.15) is 0 Å². The monoisotopic (exact) mass is 328 g/mol. The molecule has 5 nitrogen and oxygen atoms in total. The Morgan fingerprint density at radius 2 is 2.05 bits per heavy atom. The summed E-state index contributed by atoms with van der Waals surface area (Å²) in [6.07, 6.45) is -2.15. The third-order valence-electron chi connectivity index (χ3n) is 2.90. The minimum Gasteiger partial charge on any atom is -0.350 e. The van der Waals surface area contributed by atoms with Crippen molar-refractivity contribution in [2.75, 3.05) is 0 Å². The maximum absolute atomic E-state index is 12.7. The van der Waals surface area contributed by atoms with Gasteiger partial charge in [-0.3, -0.25) is 9.48 Å². The lowest BCUT2D eigenvalue weighted by Crippen LogP contribution is -2.51. The second-order valence-corrected chi connectivity index (χ2v) is 5.02. The predicted octanol–water partition coefficient (Wildman–Crippen LogP) is 1.99. The van der Waals surface area contributed by atoms with Crippen LogP contribution in [0.3, 0.4) is 0 Å². The van der Waals surface area contributed by atoms with E-state index in [1.54, 1.807) is 6.92 Å². The second-order valence-electron chi connectivity index (χ2n) is 5.02. The Morgan fingerprint density at radius 3 is 2.52 bits per heavy atom. The van der Waals surface area contributed by atoms with Gasteiger partial charge in [-0.1, -0.05) is 13.3 Å². The Kier molecular flexibility index (Phi) is 6.69.